The number of fused-ring (bicyclic) bond motifs is 1. The molecule has 1 heterocycles. The number of hydrogen-bond donors (Lipinski definition) is 2. The van der Waals surface area contributed by atoms with Gasteiger partial charge in [0.15, 0.2) is 0 Å². The molecular weight excluding hydrogens is 342 g/mol. The van der Waals surface area contributed by atoms with Crippen molar-refractivity contribution in [2.45, 2.75) is 33.5 Å². The van der Waals surface area contributed by atoms with Crippen LogP contribution in [0.2, 0.25) is 0 Å². The van der Waals surface area contributed by atoms with Crippen LogP contribution in [0, 0.1) is 12.8 Å². The molecule has 6 heteroatoms. The van der Waals surface area contributed by atoms with E-state index in [1.807, 2.05) is 69.3 Å². The highest BCUT2D eigenvalue weighted by Crippen LogP contribution is 2.26. The van der Waals surface area contributed by atoms with Gasteiger partial charge >= 0.3 is 6.09 Å². The van der Waals surface area contributed by atoms with Crippen molar-refractivity contribution >= 4 is 23.4 Å². The maximum atomic E-state index is 12.6. The van der Waals surface area contributed by atoms with E-state index in [0.717, 1.165) is 28.1 Å². The van der Waals surface area contributed by atoms with E-state index in [2.05, 4.69) is 15.6 Å². The number of carbonyl (C=O) groups excluding carboxylic acids is 2. The highest BCUT2D eigenvalue weighted by Gasteiger charge is 2.28. The summed E-state index contributed by atoms with van der Waals surface area (Å²) in [5.41, 5.74) is 4.19. The first-order valence-corrected chi connectivity index (χ1v) is 8.91. The van der Waals surface area contributed by atoms with Gasteiger partial charge in [-0.15, -0.1) is 0 Å². The summed E-state index contributed by atoms with van der Waals surface area (Å²) in [7, 11) is 0. The molecule has 0 bridgehead atoms. The molecule has 2 aromatic carbocycles. The zero-order valence-corrected chi connectivity index (χ0v) is 15.7. The quantitative estimate of drug-likeness (QED) is 0.868. The minimum atomic E-state index is -1.04. The number of aliphatic imine (C=N–C) groups is 1. The number of alkyl carbamates (subject to hydrolysis) is 1. The monoisotopic (exact) mass is 365 g/mol. The van der Waals surface area contributed by atoms with E-state index in [9.17, 15) is 9.59 Å². The Morgan fingerprint density at radius 3 is 2.63 bits per heavy atom. The second-order valence-corrected chi connectivity index (χ2v) is 6.76. The molecule has 140 valence electrons. The largest absolute Gasteiger partial charge is 0.445 e. The molecule has 0 saturated heterocycles. The summed E-state index contributed by atoms with van der Waals surface area (Å²) in [5, 5.41) is 5.44. The molecule has 0 saturated carbocycles. The van der Waals surface area contributed by atoms with Gasteiger partial charge in [0.05, 0.1) is 5.69 Å². The number of benzodiazepines with no additional fused rings is 1. The van der Waals surface area contributed by atoms with Crippen LogP contribution in [-0.4, -0.2) is 23.9 Å². The second kappa shape index (κ2) is 8.03. The van der Waals surface area contributed by atoms with E-state index in [0.29, 0.717) is 0 Å². The van der Waals surface area contributed by atoms with Gasteiger partial charge in [0, 0.05) is 11.3 Å². The van der Waals surface area contributed by atoms with Crippen molar-refractivity contribution in [3.05, 3.63) is 65.2 Å². The minimum absolute atomic E-state index is 0.0860. The SMILES string of the molecule is Cc1cccc2c1NC(=O)C(NC(=O)OCc1ccccc1)N=C2C(C)C. The fraction of sp³-hybridized carbons (Fsp3) is 0.286. The molecule has 1 unspecified atom stereocenters. The maximum Gasteiger partial charge on any atom is 0.409 e. The zero-order chi connectivity index (χ0) is 19.4. The number of aryl methyl sites for hydroxylation is 1. The Kier molecular flexibility index (Phi) is 5.54. The topological polar surface area (TPSA) is 79.8 Å². The first kappa shape index (κ1) is 18.6. The van der Waals surface area contributed by atoms with Gasteiger partial charge in [-0.3, -0.25) is 15.1 Å². The predicted molar refractivity (Wildman–Crippen MR) is 105 cm³/mol. The molecule has 2 amide bonds. The van der Waals surface area contributed by atoms with Crippen molar-refractivity contribution in [3.8, 4) is 0 Å². The van der Waals surface area contributed by atoms with Gasteiger partial charge in [0.1, 0.15) is 6.61 Å². The Balaban J connectivity index is 1.77. The number of carbonyl (C=O) groups is 2. The summed E-state index contributed by atoms with van der Waals surface area (Å²) < 4.78 is 5.22. The summed E-state index contributed by atoms with van der Waals surface area (Å²) in [5.74, 6) is -0.305. The van der Waals surface area contributed by atoms with Crippen LogP contribution in [0.4, 0.5) is 10.5 Å². The predicted octanol–water partition coefficient (Wildman–Crippen LogP) is 3.64. The van der Waals surface area contributed by atoms with Crippen molar-refractivity contribution < 1.29 is 14.3 Å². The Bertz CT molecular complexity index is 875. The standard InChI is InChI=1S/C21H23N3O3/c1-13(2)17-16-11-7-8-14(3)18(16)23-20(25)19(22-17)24-21(26)27-12-15-9-5-4-6-10-15/h4-11,13,19H,12H2,1-3H3,(H,23,25)(H,24,26). The number of para-hydroxylation sites is 1. The summed E-state index contributed by atoms with van der Waals surface area (Å²) in [4.78, 5) is 29.3. The maximum absolute atomic E-state index is 12.6. The number of benzene rings is 2. The molecule has 3 rings (SSSR count). The van der Waals surface area contributed by atoms with Crippen molar-refractivity contribution in [1.82, 2.24) is 5.32 Å². The first-order chi connectivity index (χ1) is 13.0. The van der Waals surface area contributed by atoms with E-state index >= 15 is 0 Å². The molecule has 2 N–H and O–H groups in total. The summed E-state index contributed by atoms with van der Waals surface area (Å²) >= 11 is 0. The van der Waals surface area contributed by atoms with E-state index in [1.165, 1.54) is 0 Å². The lowest BCUT2D eigenvalue weighted by Gasteiger charge is -2.14. The van der Waals surface area contributed by atoms with Gasteiger partial charge in [-0.2, -0.15) is 0 Å². The highest BCUT2D eigenvalue weighted by atomic mass is 16.5. The first-order valence-electron chi connectivity index (χ1n) is 8.91. The fourth-order valence-corrected chi connectivity index (χ4v) is 2.94. The number of nitrogens with one attached hydrogen (secondary N) is 2. The van der Waals surface area contributed by atoms with Crippen LogP contribution in [0.5, 0.6) is 0 Å². The molecule has 0 fully saturated rings. The Morgan fingerprint density at radius 2 is 1.93 bits per heavy atom. The molecule has 2 aromatic rings. The van der Waals surface area contributed by atoms with Gasteiger partial charge in [-0.1, -0.05) is 62.4 Å². The van der Waals surface area contributed by atoms with Crippen molar-refractivity contribution in [1.29, 1.82) is 0 Å². The van der Waals surface area contributed by atoms with Crippen LogP contribution < -0.4 is 10.6 Å². The van der Waals surface area contributed by atoms with Gasteiger partial charge in [0.25, 0.3) is 5.91 Å². The molecule has 0 spiro atoms. The lowest BCUT2D eigenvalue weighted by Crippen LogP contribution is -2.42. The lowest BCUT2D eigenvalue weighted by molar-refractivity contribution is -0.117. The van der Waals surface area contributed by atoms with E-state index in [1.54, 1.807) is 0 Å². The van der Waals surface area contributed by atoms with Crippen molar-refractivity contribution in [3.63, 3.8) is 0 Å². The lowest BCUT2D eigenvalue weighted by atomic mass is 9.96. The smallest absolute Gasteiger partial charge is 0.409 e. The third kappa shape index (κ3) is 4.34. The molecule has 27 heavy (non-hydrogen) atoms. The number of amides is 2. The number of rotatable bonds is 4. The minimum Gasteiger partial charge on any atom is -0.445 e. The molecule has 6 nitrogen and oxygen atoms in total. The zero-order valence-electron chi connectivity index (χ0n) is 15.7. The summed E-state index contributed by atoms with van der Waals surface area (Å²) in [6, 6.07) is 15.1. The average Bonchev–Trinajstić information content (AvgIpc) is 2.79. The summed E-state index contributed by atoms with van der Waals surface area (Å²) in [6.45, 7) is 6.07. The normalized spacial score (nSPS) is 16.1. The third-order valence-corrected chi connectivity index (χ3v) is 4.33. The summed E-state index contributed by atoms with van der Waals surface area (Å²) in [6.07, 6.45) is -1.73. The molecular formula is C21H23N3O3. The van der Waals surface area contributed by atoms with Gasteiger partial charge in [0.2, 0.25) is 6.17 Å². The van der Waals surface area contributed by atoms with E-state index < -0.39 is 18.2 Å². The Hall–Kier alpha value is -3.15. The Labute approximate surface area is 158 Å². The Morgan fingerprint density at radius 1 is 1.19 bits per heavy atom. The van der Waals surface area contributed by atoms with Crippen LogP contribution in [0.15, 0.2) is 53.5 Å². The molecule has 0 aromatic heterocycles. The van der Waals surface area contributed by atoms with Crippen LogP contribution in [0.1, 0.15) is 30.5 Å². The van der Waals surface area contributed by atoms with Gasteiger partial charge in [-0.05, 0) is 24.0 Å². The third-order valence-electron chi connectivity index (χ3n) is 4.33. The molecule has 0 aliphatic carbocycles. The van der Waals surface area contributed by atoms with Crippen LogP contribution in [0.25, 0.3) is 0 Å². The fourth-order valence-electron chi connectivity index (χ4n) is 2.94. The van der Waals surface area contributed by atoms with Crippen molar-refractivity contribution in [2.24, 2.45) is 10.9 Å². The molecule has 1 atom stereocenters. The van der Waals surface area contributed by atoms with Crippen LogP contribution in [-0.2, 0) is 16.1 Å². The number of hydrogen-bond acceptors (Lipinski definition) is 4. The second-order valence-electron chi connectivity index (χ2n) is 6.76. The molecule has 1 aliphatic rings. The van der Waals surface area contributed by atoms with Crippen LogP contribution >= 0.6 is 0 Å². The van der Waals surface area contributed by atoms with Gasteiger partial charge < -0.3 is 10.1 Å². The highest BCUT2D eigenvalue weighted by molar-refractivity contribution is 6.13. The number of ether oxygens (including phenoxy) is 1. The average molecular weight is 365 g/mol. The van der Waals surface area contributed by atoms with E-state index in [4.69, 9.17) is 4.74 Å². The van der Waals surface area contributed by atoms with Crippen molar-refractivity contribution in [2.75, 3.05) is 5.32 Å². The number of anilines is 1. The molecule has 1 aliphatic heterocycles. The van der Waals surface area contributed by atoms with Gasteiger partial charge in [-0.25, -0.2) is 4.79 Å². The number of nitrogens with zero attached hydrogens (tertiary/aromatic N) is 1. The molecule has 0 radical (unpaired) electrons. The van der Waals surface area contributed by atoms with E-state index in [-0.39, 0.29) is 12.5 Å². The van der Waals surface area contributed by atoms with Crippen LogP contribution in [0.3, 0.4) is 0 Å².